The highest BCUT2D eigenvalue weighted by atomic mass is 16.2. The zero-order valence-electron chi connectivity index (χ0n) is 13.9. The molecule has 1 aliphatic carbocycles. The number of carbonyl (C=O) groups is 2. The maximum Gasteiger partial charge on any atom is 0.321 e. The van der Waals surface area contributed by atoms with E-state index >= 15 is 0 Å². The van der Waals surface area contributed by atoms with E-state index in [0.29, 0.717) is 11.1 Å². The molecule has 1 spiro atoms. The maximum atomic E-state index is 12.2. The molecule has 130 valence electrons. The van der Waals surface area contributed by atoms with Crippen LogP contribution in [0.25, 0.3) is 5.65 Å². The lowest BCUT2D eigenvalue weighted by atomic mass is 9.68. The largest absolute Gasteiger partial charge is 0.368 e. The Morgan fingerprint density at radius 2 is 2.12 bits per heavy atom. The van der Waals surface area contributed by atoms with Gasteiger partial charge in [0.05, 0.1) is 17.3 Å². The zero-order chi connectivity index (χ0) is 17.0. The van der Waals surface area contributed by atoms with Crippen molar-refractivity contribution < 1.29 is 9.59 Å². The van der Waals surface area contributed by atoms with Crippen LogP contribution in [0, 0.1) is 5.41 Å². The number of nitrogens with one attached hydrogen (secondary N) is 2. The Labute approximate surface area is 144 Å². The van der Waals surface area contributed by atoms with Crippen molar-refractivity contribution in [2.75, 3.05) is 24.5 Å². The fourth-order valence-electron chi connectivity index (χ4n) is 4.32. The lowest BCUT2D eigenvalue weighted by Crippen LogP contribution is -2.51. The van der Waals surface area contributed by atoms with Gasteiger partial charge in [0.15, 0.2) is 5.65 Å². The van der Waals surface area contributed by atoms with Crippen LogP contribution in [0.1, 0.15) is 37.3 Å². The quantitative estimate of drug-likeness (QED) is 0.852. The van der Waals surface area contributed by atoms with Gasteiger partial charge in [0.2, 0.25) is 5.91 Å². The highest BCUT2D eigenvalue weighted by Gasteiger charge is 2.43. The van der Waals surface area contributed by atoms with Gasteiger partial charge in [0.1, 0.15) is 0 Å². The van der Waals surface area contributed by atoms with Crippen LogP contribution in [0.4, 0.5) is 10.5 Å². The fraction of sp³-hybridized carbons (Fsp3) is 0.529. The molecule has 2 N–H and O–H groups in total. The molecule has 1 saturated carbocycles. The standard InChI is InChI=1S/C17H20N6O2/c24-15-11(9-19-16(25)20-15)12-8-13(14-18-5-7-23(14)21-12)22-6-4-17(10-22)2-1-3-17/h5,7-8,11H,1-4,6,9-10H2,(H2,19,20,24,25). The number of imide groups is 1. The van der Waals surface area contributed by atoms with E-state index in [4.69, 9.17) is 0 Å². The van der Waals surface area contributed by atoms with Crippen LogP contribution in [0.15, 0.2) is 18.5 Å². The van der Waals surface area contributed by atoms with Crippen LogP contribution in [-0.2, 0) is 4.79 Å². The smallest absolute Gasteiger partial charge is 0.321 e. The molecule has 2 aromatic heterocycles. The third-order valence-electron chi connectivity index (χ3n) is 5.93. The summed E-state index contributed by atoms with van der Waals surface area (Å²) in [7, 11) is 0. The van der Waals surface area contributed by atoms with E-state index < -0.39 is 11.9 Å². The summed E-state index contributed by atoms with van der Waals surface area (Å²) in [4.78, 5) is 30.4. The number of hydrogen-bond acceptors (Lipinski definition) is 5. The molecule has 0 aromatic carbocycles. The van der Waals surface area contributed by atoms with Gasteiger partial charge in [-0.15, -0.1) is 0 Å². The summed E-state index contributed by atoms with van der Waals surface area (Å²) in [6.07, 6.45) is 8.70. The van der Waals surface area contributed by atoms with Gasteiger partial charge in [0, 0.05) is 32.0 Å². The molecule has 8 heteroatoms. The predicted molar refractivity (Wildman–Crippen MR) is 90.4 cm³/mol. The summed E-state index contributed by atoms with van der Waals surface area (Å²) in [5.74, 6) is -0.790. The lowest BCUT2D eigenvalue weighted by Gasteiger charge is -2.38. The number of rotatable bonds is 2. The Hall–Kier alpha value is -2.64. The molecular weight excluding hydrogens is 320 g/mol. The van der Waals surface area contributed by atoms with Crippen molar-refractivity contribution in [3.05, 3.63) is 24.2 Å². The third kappa shape index (κ3) is 2.27. The van der Waals surface area contributed by atoms with Crippen molar-refractivity contribution >= 4 is 23.3 Å². The molecule has 3 aliphatic rings. The van der Waals surface area contributed by atoms with Gasteiger partial charge in [-0.3, -0.25) is 10.1 Å². The summed E-state index contributed by atoms with van der Waals surface area (Å²) in [6.45, 7) is 2.33. The first-order valence-electron chi connectivity index (χ1n) is 8.82. The van der Waals surface area contributed by atoms with Gasteiger partial charge in [-0.05, 0) is 30.7 Å². The topological polar surface area (TPSA) is 91.6 Å². The molecule has 2 saturated heterocycles. The van der Waals surface area contributed by atoms with Crippen LogP contribution in [0.2, 0.25) is 0 Å². The number of imidazole rings is 1. The Morgan fingerprint density at radius 1 is 1.24 bits per heavy atom. The molecule has 2 aromatic rings. The van der Waals surface area contributed by atoms with E-state index in [2.05, 4.69) is 25.6 Å². The monoisotopic (exact) mass is 340 g/mol. The van der Waals surface area contributed by atoms with Gasteiger partial charge < -0.3 is 10.2 Å². The molecule has 25 heavy (non-hydrogen) atoms. The normalized spacial score (nSPS) is 25.1. The predicted octanol–water partition coefficient (Wildman–Crippen LogP) is 1.03. The third-order valence-corrected chi connectivity index (χ3v) is 5.93. The molecule has 0 radical (unpaired) electrons. The lowest BCUT2D eigenvalue weighted by molar-refractivity contribution is -0.122. The molecule has 1 unspecified atom stereocenters. The Morgan fingerprint density at radius 3 is 2.84 bits per heavy atom. The molecular formula is C17H20N6O2. The van der Waals surface area contributed by atoms with Crippen molar-refractivity contribution in [2.24, 2.45) is 5.41 Å². The van der Waals surface area contributed by atoms with Crippen LogP contribution >= 0.6 is 0 Å². The van der Waals surface area contributed by atoms with Gasteiger partial charge in [-0.25, -0.2) is 14.3 Å². The number of fused-ring (bicyclic) bond motifs is 1. The Balaban J connectivity index is 1.53. The van der Waals surface area contributed by atoms with Crippen LogP contribution in [-0.4, -0.2) is 46.2 Å². The Bertz CT molecular complexity index is 871. The molecule has 8 nitrogen and oxygen atoms in total. The van der Waals surface area contributed by atoms with Gasteiger partial charge in [-0.2, -0.15) is 5.10 Å². The van der Waals surface area contributed by atoms with Crippen molar-refractivity contribution in [3.63, 3.8) is 0 Å². The van der Waals surface area contributed by atoms with E-state index in [1.807, 2.05) is 6.07 Å². The molecule has 0 bridgehead atoms. The fourth-order valence-corrected chi connectivity index (χ4v) is 4.32. The second-order valence-electron chi connectivity index (χ2n) is 7.43. The molecule has 5 rings (SSSR count). The van der Waals surface area contributed by atoms with Crippen molar-refractivity contribution in [2.45, 2.75) is 31.6 Å². The van der Waals surface area contributed by atoms with E-state index in [1.54, 1.807) is 16.9 Å². The average Bonchev–Trinajstić information content (AvgIpc) is 3.20. The number of anilines is 1. The minimum atomic E-state index is -0.483. The summed E-state index contributed by atoms with van der Waals surface area (Å²) in [5.41, 5.74) is 2.99. The molecule has 3 fully saturated rings. The first-order valence-corrected chi connectivity index (χ1v) is 8.82. The molecule has 2 aliphatic heterocycles. The van der Waals surface area contributed by atoms with Crippen molar-refractivity contribution in [1.82, 2.24) is 25.2 Å². The van der Waals surface area contributed by atoms with Crippen molar-refractivity contribution in [1.29, 1.82) is 0 Å². The highest BCUT2D eigenvalue weighted by Crippen LogP contribution is 2.49. The van der Waals surface area contributed by atoms with Gasteiger partial charge in [0.25, 0.3) is 0 Å². The first-order chi connectivity index (χ1) is 12.1. The summed E-state index contributed by atoms with van der Waals surface area (Å²) < 4.78 is 1.74. The van der Waals surface area contributed by atoms with Crippen LogP contribution in [0.5, 0.6) is 0 Å². The van der Waals surface area contributed by atoms with Crippen molar-refractivity contribution in [3.8, 4) is 0 Å². The number of aromatic nitrogens is 3. The van der Waals surface area contributed by atoms with Crippen LogP contribution < -0.4 is 15.5 Å². The van der Waals surface area contributed by atoms with Gasteiger partial charge in [-0.1, -0.05) is 6.42 Å². The SMILES string of the molecule is O=C1NCC(c2cc(N3CCC4(CCC4)C3)c3nccn3n2)C(=O)N1. The number of hydrogen-bond donors (Lipinski definition) is 2. The average molecular weight is 340 g/mol. The molecule has 1 atom stereocenters. The van der Waals surface area contributed by atoms with E-state index in [-0.39, 0.29) is 12.5 Å². The summed E-state index contributed by atoms with van der Waals surface area (Å²) >= 11 is 0. The maximum absolute atomic E-state index is 12.2. The number of nitrogens with zero attached hydrogens (tertiary/aromatic N) is 4. The van der Waals surface area contributed by atoms with Gasteiger partial charge >= 0.3 is 6.03 Å². The number of amides is 3. The zero-order valence-corrected chi connectivity index (χ0v) is 13.9. The minimum absolute atomic E-state index is 0.265. The number of carbonyl (C=O) groups excluding carboxylic acids is 2. The number of urea groups is 1. The molecule has 3 amide bonds. The van der Waals surface area contributed by atoms with Crippen LogP contribution in [0.3, 0.4) is 0 Å². The summed E-state index contributed by atoms with van der Waals surface area (Å²) in [5, 5.41) is 9.55. The second kappa shape index (κ2) is 5.18. The second-order valence-corrected chi connectivity index (χ2v) is 7.43. The van der Waals surface area contributed by atoms with E-state index in [1.165, 1.54) is 25.7 Å². The van der Waals surface area contributed by atoms with E-state index in [9.17, 15) is 9.59 Å². The van der Waals surface area contributed by atoms with E-state index in [0.717, 1.165) is 24.4 Å². The summed E-state index contributed by atoms with van der Waals surface area (Å²) in [6, 6.07) is 1.53. The highest BCUT2D eigenvalue weighted by molar-refractivity contribution is 6.00. The Kier molecular flexibility index (Phi) is 3.04. The minimum Gasteiger partial charge on any atom is -0.368 e. The molecule has 4 heterocycles. The first kappa shape index (κ1) is 14.7.